The number of carbonyl (C=O) groups is 1. The molecule has 0 radical (unpaired) electrons. The Morgan fingerprint density at radius 3 is 2.52 bits per heavy atom. The topological polar surface area (TPSA) is 55.1 Å². The molecule has 110 valence electrons. The number of anilines is 1. The fourth-order valence-corrected chi connectivity index (χ4v) is 2.38. The lowest BCUT2D eigenvalue weighted by Crippen LogP contribution is -2.28. The summed E-state index contributed by atoms with van der Waals surface area (Å²) in [5.41, 5.74) is 8.94. The lowest BCUT2D eigenvalue weighted by Gasteiger charge is -2.18. The summed E-state index contributed by atoms with van der Waals surface area (Å²) < 4.78 is 0. The number of halogens is 1. The average Bonchev–Trinajstić information content (AvgIpc) is 2.48. The SMILES string of the molecule is CCC(NC(=O)c1cccc(N)c1C)c1ccc(Cl)cc1. The maximum Gasteiger partial charge on any atom is 0.252 e. The molecular weight excluding hydrogens is 284 g/mol. The summed E-state index contributed by atoms with van der Waals surface area (Å²) in [5, 5.41) is 3.74. The predicted molar refractivity (Wildman–Crippen MR) is 87.5 cm³/mol. The summed E-state index contributed by atoms with van der Waals surface area (Å²) in [6.07, 6.45) is 0.800. The van der Waals surface area contributed by atoms with Gasteiger partial charge in [-0.15, -0.1) is 0 Å². The van der Waals surface area contributed by atoms with Crippen LogP contribution in [0.2, 0.25) is 5.02 Å². The lowest BCUT2D eigenvalue weighted by molar-refractivity contribution is 0.0935. The first kappa shape index (κ1) is 15.4. The van der Waals surface area contributed by atoms with Crippen LogP contribution in [0.5, 0.6) is 0 Å². The molecule has 4 heteroatoms. The summed E-state index contributed by atoms with van der Waals surface area (Å²) in [5.74, 6) is -0.110. The quantitative estimate of drug-likeness (QED) is 0.835. The highest BCUT2D eigenvalue weighted by Gasteiger charge is 2.16. The van der Waals surface area contributed by atoms with Gasteiger partial charge in [0.15, 0.2) is 0 Å². The minimum absolute atomic E-state index is 0.0457. The second-order valence-electron chi connectivity index (χ2n) is 5.01. The molecule has 0 heterocycles. The number of nitrogen functional groups attached to an aromatic ring is 1. The van der Waals surface area contributed by atoms with Crippen LogP contribution in [0.3, 0.4) is 0 Å². The second kappa shape index (κ2) is 6.64. The molecule has 0 fully saturated rings. The van der Waals surface area contributed by atoms with Crippen molar-refractivity contribution < 1.29 is 4.79 Å². The van der Waals surface area contributed by atoms with Crippen LogP contribution < -0.4 is 11.1 Å². The van der Waals surface area contributed by atoms with Gasteiger partial charge in [0.05, 0.1) is 6.04 Å². The van der Waals surface area contributed by atoms with Gasteiger partial charge in [-0.1, -0.05) is 36.7 Å². The van der Waals surface area contributed by atoms with E-state index >= 15 is 0 Å². The maximum atomic E-state index is 12.4. The molecule has 0 saturated carbocycles. The Labute approximate surface area is 130 Å². The van der Waals surface area contributed by atoms with Crippen LogP contribution in [0.1, 0.15) is 40.9 Å². The standard InChI is InChI=1S/C17H19ClN2O/c1-3-16(12-7-9-13(18)10-8-12)20-17(21)14-5-4-6-15(19)11(14)2/h4-10,16H,3,19H2,1-2H3,(H,20,21). The van der Waals surface area contributed by atoms with Gasteiger partial charge in [-0.05, 0) is 48.7 Å². The molecule has 0 saturated heterocycles. The minimum atomic E-state index is -0.110. The summed E-state index contributed by atoms with van der Waals surface area (Å²) in [7, 11) is 0. The average molecular weight is 303 g/mol. The van der Waals surface area contributed by atoms with E-state index in [2.05, 4.69) is 5.32 Å². The predicted octanol–water partition coefficient (Wildman–Crippen LogP) is 4.11. The number of benzene rings is 2. The van der Waals surface area contributed by atoms with E-state index in [1.54, 1.807) is 18.2 Å². The Kier molecular flexibility index (Phi) is 4.86. The van der Waals surface area contributed by atoms with Gasteiger partial charge in [0.25, 0.3) is 5.91 Å². The molecule has 2 aromatic rings. The second-order valence-corrected chi connectivity index (χ2v) is 5.44. The summed E-state index contributed by atoms with van der Waals surface area (Å²) in [6.45, 7) is 3.89. The molecule has 0 aliphatic rings. The largest absolute Gasteiger partial charge is 0.398 e. The third-order valence-electron chi connectivity index (χ3n) is 3.61. The highest BCUT2D eigenvalue weighted by Crippen LogP contribution is 2.21. The molecule has 0 spiro atoms. The molecule has 0 aromatic heterocycles. The van der Waals surface area contributed by atoms with E-state index in [9.17, 15) is 4.79 Å². The van der Waals surface area contributed by atoms with Crippen LogP contribution in [0, 0.1) is 6.92 Å². The maximum absolute atomic E-state index is 12.4. The Morgan fingerprint density at radius 2 is 1.90 bits per heavy atom. The number of carbonyl (C=O) groups excluding carboxylic acids is 1. The third-order valence-corrected chi connectivity index (χ3v) is 3.86. The van der Waals surface area contributed by atoms with Crippen molar-refractivity contribution in [3.05, 3.63) is 64.2 Å². The van der Waals surface area contributed by atoms with E-state index in [0.717, 1.165) is 17.5 Å². The molecule has 2 aromatic carbocycles. The van der Waals surface area contributed by atoms with Gasteiger partial charge in [-0.2, -0.15) is 0 Å². The van der Waals surface area contributed by atoms with Gasteiger partial charge < -0.3 is 11.1 Å². The molecule has 0 bridgehead atoms. The zero-order chi connectivity index (χ0) is 15.4. The van der Waals surface area contributed by atoms with Crippen molar-refractivity contribution in [2.24, 2.45) is 0 Å². The third kappa shape index (κ3) is 3.56. The fourth-order valence-electron chi connectivity index (χ4n) is 2.25. The van der Waals surface area contributed by atoms with Gasteiger partial charge in [-0.3, -0.25) is 4.79 Å². The number of nitrogens with one attached hydrogen (secondary N) is 1. The molecule has 1 amide bonds. The fraction of sp³-hybridized carbons (Fsp3) is 0.235. The zero-order valence-electron chi connectivity index (χ0n) is 12.2. The Bertz CT molecular complexity index is 638. The van der Waals surface area contributed by atoms with E-state index < -0.39 is 0 Å². The number of hydrogen-bond acceptors (Lipinski definition) is 2. The van der Waals surface area contributed by atoms with Gasteiger partial charge in [-0.25, -0.2) is 0 Å². The normalized spacial score (nSPS) is 12.0. The highest BCUT2D eigenvalue weighted by atomic mass is 35.5. The van der Waals surface area contributed by atoms with Gasteiger partial charge in [0.2, 0.25) is 0 Å². The van der Waals surface area contributed by atoms with Crippen molar-refractivity contribution in [2.45, 2.75) is 26.3 Å². The van der Waals surface area contributed by atoms with Crippen molar-refractivity contribution in [1.82, 2.24) is 5.32 Å². The van der Waals surface area contributed by atoms with Crippen LogP contribution in [-0.4, -0.2) is 5.91 Å². The lowest BCUT2D eigenvalue weighted by atomic mass is 10.0. The Balaban J connectivity index is 2.20. The van der Waals surface area contributed by atoms with Gasteiger partial charge in [0.1, 0.15) is 0 Å². The van der Waals surface area contributed by atoms with Crippen molar-refractivity contribution in [3.8, 4) is 0 Å². The summed E-state index contributed by atoms with van der Waals surface area (Å²) in [4.78, 5) is 12.4. The van der Waals surface area contributed by atoms with Crippen molar-refractivity contribution in [2.75, 3.05) is 5.73 Å². The van der Waals surface area contributed by atoms with Crippen LogP contribution in [0.25, 0.3) is 0 Å². The molecular formula is C17H19ClN2O. The van der Waals surface area contributed by atoms with Crippen molar-refractivity contribution >= 4 is 23.2 Å². The molecule has 2 rings (SSSR count). The van der Waals surface area contributed by atoms with Crippen LogP contribution >= 0.6 is 11.6 Å². The Hall–Kier alpha value is -2.00. The Morgan fingerprint density at radius 1 is 1.24 bits per heavy atom. The molecule has 0 aliphatic heterocycles. The van der Waals surface area contributed by atoms with Crippen molar-refractivity contribution in [3.63, 3.8) is 0 Å². The molecule has 21 heavy (non-hydrogen) atoms. The summed E-state index contributed by atoms with van der Waals surface area (Å²) in [6, 6.07) is 12.9. The van der Waals surface area contributed by atoms with Crippen molar-refractivity contribution in [1.29, 1.82) is 0 Å². The molecule has 1 atom stereocenters. The van der Waals surface area contributed by atoms with Crippen LogP contribution in [-0.2, 0) is 0 Å². The number of rotatable bonds is 4. The van der Waals surface area contributed by atoms with E-state index in [-0.39, 0.29) is 11.9 Å². The van der Waals surface area contributed by atoms with E-state index in [4.69, 9.17) is 17.3 Å². The highest BCUT2D eigenvalue weighted by molar-refractivity contribution is 6.30. The monoisotopic (exact) mass is 302 g/mol. The first-order valence-corrected chi connectivity index (χ1v) is 7.32. The first-order chi connectivity index (χ1) is 10.0. The number of nitrogens with two attached hydrogens (primary N) is 1. The van der Waals surface area contributed by atoms with Crippen LogP contribution in [0.4, 0.5) is 5.69 Å². The first-order valence-electron chi connectivity index (χ1n) is 6.94. The van der Waals surface area contributed by atoms with E-state index in [1.807, 2.05) is 38.1 Å². The minimum Gasteiger partial charge on any atom is -0.398 e. The van der Waals surface area contributed by atoms with E-state index in [0.29, 0.717) is 16.3 Å². The van der Waals surface area contributed by atoms with Gasteiger partial charge in [0, 0.05) is 16.3 Å². The molecule has 3 N–H and O–H groups in total. The number of amides is 1. The molecule has 1 unspecified atom stereocenters. The molecule has 0 aliphatic carbocycles. The smallest absolute Gasteiger partial charge is 0.252 e. The van der Waals surface area contributed by atoms with Crippen LogP contribution in [0.15, 0.2) is 42.5 Å². The van der Waals surface area contributed by atoms with E-state index in [1.165, 1.54) is 0 Å². The molecule has 3 nitrogen and oxygen atoms in total. The summed E-state index contributed by atoms with van der Waals surface area (Å²) >= 11 is 5.90. The number of hydrogen-bond donors (Lipinski definition) is 2. The zero-order valence-corrected chi connectivity index (χ0v) is 12.9. The van der Waals surface area contributed by atoms with Gasteiger partial charge >= 0.3 is 0 Å².